The lowest BCUT2D eigenvalue weighted by Gasteiger charge is -2.06. The number of hydrogen-bond donors (Lipinski definition) is 1. The molecule has 0 bridgehead atoms. The molecule has 0 saturated carbocycles. The Morgan fingerprint density at radius 2 is 1.75 bits per heavy atom. The lowest BCUT2D eigenvalue weighted by atomic mass is 10.3. The average molecular weight is 241 g/mol. The first-order valence-corrected chi connectivity index (χ1v) is 4.86. The molecule has 0 aliphatic heterocycles. The first-order chi connectivity index (χ1) is 7.65. The van der Waals surface area contributed by atoms with Crippen molar-refractivity contribution >= 4 is 23.0 Å². The van der Waals surface area contributed by atoms with Crippen molar-refractivity contribution in [2.24, 2.45) is 0 Å². The fourth-order valence-corrected chi connectivity index (χ4v) is 1.39. The van der Waals surface area contributed by atoms with Crippen molar-refractivity contribution in [2.75, 3.05) is 5.32 Å². The fraction of sp³-hybridized carbons (Fsp3) is 0. The topological polar surface area (TPSA) is 24.9 Å². The average Bonchev–Trinajstić information content (AvgIpc) is 2.24. The van der Waals surface area contributed by atoms with Gasteiger partial charge in [-0.05, 0) is 24.3 Å². The van der Waals surface area contributed by atoms with Crippen LogP contribution < -0.4 is 5.32 Å². The van der Waals surface area contributed by atoms with E-state index in [1.54, 1.807) is 12.1 Å². The van der Waals surface area contributed by atoms with Crippen LogP contribution in [-0.2, 0) is 0 Å². The van der Waals surface area contributed by atoms with Gasteiger partial charge in [-0.3, -0.25) is 0 Å². The van der Waals surface area contributed by atoms with Gasteiger partial charge in [0.05, 0.1) is 0 Å². The van der Waals surface area contributed by atoms with Crippen molar-refractivity contribution in [3.8, 4) is 0 Å². The smallest absolute Gasteiger partial charge is 0.160 e. The minimum absolute atomic E-state index is 0.326. The molecule has 1 heterocycles. The number of pyridine rings is 1. The SMILES string of the molecule is Fc1ccc(Nc2ccnc(Cl)c2)cc1F. The van der Waals surface area contributed by atoms with Crippen LogP contribution >= 0.6 is 11.6 Å². The molecule has 0 fully saturated rings. The standard InChI is InChI=1S/C11H7ClF2N2/c12-11-6-8(3-4-15-11)16-7-1-2-9(13)10(14)5-7/h1-6H,(H,15,16). The Morgan fingerprint density at radius 1 is 1.00 bits per heavy atom. The number of rotatable bonds is 2. The van der Waals surface area contributed by atoms with Crippen molar-refractivity contribution in [1.29, 1.82) is 0 Å². The lowest BCUT2D eigenvalue weighted by molar-refractivity contribution is 0.509. The molecule has 16 heavy (non-hydrogen) atoms. The van der Waals surface area contributed by atoms with Crippen LogP contribution in [0.25, 0.3) is 0 Å². The maximum atomic E-state index is 12.9. The van der Waals surface area contributed by atoms with Crippen LogP contribution in [-0.4, -0.2) is 4.98 Å². The third kappa shape index (κ3) is 2.46. The van der Waals surface area contributed by atoms with Crippen molar-refractivity contribution in [3.63, 3.8) is 0 Å². The molecule has 2 rings (SSSR count). The predicted octanol–water partition coefficient (Wildman–Crippen LogP) is 3.76. The van der Waals surface area contributed by atoms with Crippen molar-refractivity contribution in [3.05, 3.63) is 53.3 Å². The highest BCUT2D eigenvalue weighted by Crippen LogP contribution is 2.20. The number of nitrogens with zero attached hydrogens (tertiary/aromatic N) is 1. The van der Waals surface area contributed by atoms with Gasteiger partial charge < -0.3 is 5.32 Å². The van der Waals surface area contributed by atoms with Crippen LogP contribution in [0.3, 0.4) is 0 Å². The second-order valence-electron chi connectivity index (χ2n) is 3.12. The molecule has 0 aliphatic rings. The van der Waals surface area contributed by atoms with Crippen LogP contribution in [0.5, 0.6) is 0 Å². The first kappa shape index (κ1) is 10.8. The lowest BCUT2D eigenvalue weighted by Crippen LogP contribution is -1.93. The van der Waals surface area contributed by atoms with E-state index in [-0.39, 0.29) is 0 Å². The molecule has 0 saturated heterocycles. The van der Waals surface area contributed by atoms with E-state index in [4.69, 9.17) is 11.6 Å². The quantitative estimate of drug-likeness (QED) is 0.809. The molecule has 0 aliphatic carbocycles. The summed E-state index contributed by atoms with van der Waals surface area (Å²) in [5, 5.41) is 3.21. The Hall–Kier alpha value is -1.68. The predicted molar refractivity (Wildman–Crippen MR) is 58.9 cm³/mol. The molecule has 0 amide bonds. The molecule has 82 valence electrons. The molecular formula is C11H7ClF2N2. The summed E-state index contributed by atoms with van der Waals surface area (Å²) in [5.74, 6) is -1.77. The highest BCUT2D eigenvalue weighted by atomic mass is 35.5. The molecule has 5 heteroatoms. The highest BCUT2D eigenvalue weighted by Gasteiger charge is 2.02. The molecule has 0 unspecified atom stereocenters. The summed E-state index contributed by atoms with van der Waals surface area (Å²) in [5.41, 5.74) is 1.10. The number of halogens is 3. The summed E-state index contributed by atoms with van der Waals surface area (Å²) in [7, 11) is 0. The van der Waals surface area contributed by atoms with E-state index in [9.17, 15) is 8.78 Å². The van der Waals surface area contributed by atoms with Crippen molar-refractivity contribution in [1.82, 2.24) is 4.98 Å². The largest absolute Gasteiger partial charge is 0.355 e. The van der Waals surface area contributed by atoms with E-state index in [2.05, 4.69) is 10.3 Å². The molecule has 2 aromatic rings. The minimum atomic E-state index is -0.898. The van der Waals surface area contributed by atoms with Gasteiger partial charge in [-0.1, -0.05) is 11.6 Å². The van der Waals surface area contributed by atoms with Gasteiger partial charge in [0.25, 0.3) is 0 Å². The zero-order valence-electron chi connectivity index (χ0n) is 8.05. The van der Waals surface area contributed by atoms with Crippen molar-refractivity contribution < 1.29 is 8.78 Å². The Morgan fingerprint density at radius 3 is 2.44 bits per heavy atom. The number of nitrogens with one attached hydrogen (secondary N) is 1. The Balaban J connectivity index is 2.24. The molecule has 0 atom stereocenters. The normalized spacial score (nSPS) is 10.2. The third-order valence-corrected chi connectivity index (χ3v) is 2.14. The van der Waals surface area contributed by atoms with Gasteiger partial charge in [-0.25, -0.2) is 13.8 Å². The van der Waals surface area contributed by atoms with Crippen LogP contribution in [0, 0.1) is 11.6 Å². The van der Waals surface area contributed by atoms with Crippen LogP contribution in [0.4, 0.5) is 20.2 Å². The van der Waals surface area contributed by atoms with Gasteiger partial charge in [0, 0.05) is 23.6 Å². The third-order valence-electron chi connectivity index (χ3n) is 1.93. The van der Waals surface area contributed by atoms with E-state index in [0.29, 0.717) is 16.5 Å². The van der Waals surface area contributed by atoms with Gasteiger partial charge in [0.1, 0.15) is 5.15 Å². The summed E-state index contributed by atoms with van der Waals surface area (Å²) in [4.78, 5) is 3.80. The van der Waals surface area contributed by atoms with E-state index in [1.165, 1.54) is 12.3 Å². The summed E-state index contributed by atoms with van der Waals surface area (Å²) in [6.45, 7) is 0. The van der Waals surface area contributed by atoms with Crippen LogP contribution in [0.1, 0.15) is 0 Å². The number of anilines is 2. The number of benzene rings is 1. The maximum absolute atomic E-state index is 12.9. The zero-order valence-corrected chi connectivity index (χ0v) is 8.80. The zero-order chi connectivity index (χ0) is 11.5. The molecule has 1 N–H and O–H groups in total. The molecular weight excluding hydrogens is 234 g/mol. The number of hydrogen-bond acceptors (Lipinski definition) is 2. The summed E-state index contributed by atoms with van der Waals surface area (Å²) in [6, 6.07) is 6.83. The highest BCUT2D eigenvalue weighted by molar-refractivity contribution is 6.29. The Bertz CT molecular complexity index is 517. The van der Waals surface area contributed by atoms with E-state index >= 15 is 0 Å². The summed E-state index contributed by atoms with van der Waals surface area (Å²) < 4.78 is 25.6. The van der Waals surface area contributed by atoms with Gasteiger partial charge in [-0.15, -0.1) is 0 Å². The Labute approximate surface area is 95.9 Å². The first-order valence-electron chi connectivity index (χ1n) is 4.49. The van der Waals surface area contributed by atoms with Crippen molar-refractivity contribution in [2.45, 2.75) is 0 Å². The maximum Gasteiger partial charge on any atom is 0.160 e. The van der Waals surface area contributed by atoms with Gasteiger partial charge >= 0.3 is 0 Å². The monoisotopic (exact) mass is 240 g/mol. The van der Waals surface area contributed by atoms with Gasteiger partial charge in [0.15, 0.2) is 11.6 Å². The Kier molecular flexibility index (Phi) is 3.01. The van der Waals surface area contributed by atoms with Crippen LogP contribution in [0.2, 0.25) is 5.15 Å². The molecule has 0 radical (unpaired) electrons. The second kappa shape index (κ2) is 4.45. The molecule has 2 nitrogen and oxygen atoms in total. The van der Waals surface area contributed by atoms with Gasteiger partial charge in [0.2, 0.25) is 0 Å². The summed E-state index contributed by atoms with van der Waals surface area (Å²) >= 11 is 5.68. The van der Waals surface area contributed by atoms with E-state index < -0.39 is 11.6 Å². The minimum Gasteiger partial charge on any atom is -0.355 e. The molecule has 1 aromatic heterocycles. The molecule has 1 aromatic carbocycles. The van der Waals surface area contributed by atoms with Gasteiger partial charge in [-0.2, -0.15) is 0 Å². The second-order valence-corrected chi connectivity index (χ2v) is 3.51. The fourth-order valence-electron chi connectivity index (χ4n) is 1.22. The van der Waals surface area contributed by atoms with E-state index in [0.717, 1.165) is 12.1 Å². The number of aromatic nitrogens is 1. The van der Waals surface area contributed by atoms with E-state index in [1.807, 2.05) is 0 Å². The molecule has 0 spiro atoms. The van der Waals surface area contributed by atoms with Crippen LogP contribution in [0.15, 0.2) is 36.5 Å². The summed E-state index contributed by atoms with van der Waals surface area (Å²) in [6.07, 6.45) is 1.52.